The zero-order valence-corrected chi connectivity index (χ0v) is 23.1. The Morgan fingerprint density at radius 2 is 1.85 bits per heavy atom. The molecule has 9 nitrogen and oxygen atoms in total. The second-order valence-electron chi connectivity index (χ2n) is 10.6. The number of anilines is 3. The monoisotopic (exact) mass is 554 g/mol. The summed E-state index contributed by atoms with van der Waals surface area (Å²) >= 11 is 0. The number of fused-ring (bicyclic) bond motifs is 2. The summed E-state index contributed by atoms with van der Waals surface area (Å²) in [5, 5.41) is 6.58. The first-order chi connectivity index (χ1) is 20.0. The first kappa shape index (κ1) is 27.0. The summed E-state index contributed by atoms with van der Waals surface area (Å²) in [6.07, 6.45) is 1.27. The number of amides is 2. The predicted molar refractivity (Wildman–Crippen MR) is 156 cm³/mol. The normalized spacial score (nSPS) is 18.8. The Morgan fingerprint density at radius 3 is 2.63 bits per heavy atom. The van der Waals surface area contributed by atoms with Crippen molar-refractivity contribution >= 4 is 34.8 Å². The number of methoxy groups -OCH3 is 1. The number of morpholine rings is 1. The zero-order chi connectivity index (χ0) is 28.3. The molecule has 3 aliphatic rings. The molecule has 3 heterocycles. The minimum atomic E-state index is -0.509. The van der Waals surface area contributed by atoms with Gasteiger partial charge in [-0.1, -0.05) is 36.4 Å². The summed E-state index contributed by atoms with van der Waals surface area (Å²) in [5.41, 5.74) is 5.75. The molecule has 0 aromatic heterocycles. The summed E-state index contributed by atoms with van der Waals surface area (Å²) in [6.45, 7) is 4.61. The molecule has 1 saturated heterocycles. The fraction of sp³-hybridized carbons (Fsp3) is 0.344. The predicted octanol–water partition coefficient (Wildman–Crippen LogP) is 3.97. The van der Waals surface area contributed by atoms with Gasteiger partial charge in [-0.25, -0.2) is 4.79 Å². The molecular weight excluding hydrogens is 520 g/mol. The van der Waals surface area contributed by atoms with E-state index in [0.29, 0.717) is 24.2 Å². The fourth-order valence-corrected chi connectivity index (χ4v) is 6.03. The maximum atomic E-state index is 13.3. The Morgan fingerprint density at radius 1 is 1.05 bits per heavy atom. The zero-order valence-electron chi connectivity index (χ0n) is 23.1. The highest BCUT2D eigenvalue weighted by atomic mass is 16.5. The molecule has 1 fully saturated rings. The number of hydrogen-bond acceptors (Lipinski definition) is 7. The number of benzene rings is 3. The minimum absolute atomic E-state index is 0.137. The lowest BCUT2D eigenvalue weighted by Gasteiger charge is -2.27. The lowest BCUT2D eigenvalue weighted by Crippen LogP contribution is -2.39. The van der Waals surface area contributed by atoms with Crippen molar-refractivity contribution in [1.29, 1.82) is 0 Å². The molecule has 3 aromatic rings. The molecule has 2 N–H and O–H groups in total. The highest BCUT2D eigenvalue weighted by molar-refractivity contribution is 6.05. The van der Waals surface area contributed by atoms with Crippen molar-refractivity contribution in [3.05, 3.63) is 89.0 Å². The summed E-state index contributed by atoms with van der Waals surface area (Å²) in [4.78, 5) is 42.7. The van der Waals surface area contributed by atoms with E-state index < -0.39 is 11.9 Å². The van der Waals surface area contributed by atoms with Crippen LogP contribution >= 0.6 is 0 Å². The summed E-state index contributed by atoms with van der Waals surface area (Å²) < 4.78 is 10.3. The van der Waals surface area contributed by atoms with Gasteiger partial charge in [0, 0.05) is 49.7 Å². The SMILES string of the molecule is COC(=O)c1ccc2c(c1)NC(=O)C2C(Nc1ccc2c(c1)CCN2C(=O)CCN1CCOCC1)c1ccccc1. The number of ether oxygens (including phenoxy) is 2. The van der Waals surface area contributed by atoms with E-state index in [2.05, 4.69) is 21.6 Å². The Bertz CT molecular complexity index is 1450. The van der Waals surface area contributed by atoms with Gasteiger partial charge in [0.05, 0.1) is 37.8 Å². The van der Waals surface area contributed by atoms with Gasteiger partial charge in [0.25, 0.3) is 0 Å². The van der Waals surface area contributed by atoms with Crippen LogP contribution in [-0.4, -0.2) is 69.2 Å². The van der Waals surface area contributed by atoms with Gasteiger partial charge in [-0.2, -0.15) is 0 Å². The number of nitrogens with one attached hydrogen (secondary N) is 2. The van der Waals surface area contributed by atoms with Crippen LogP contribution in [0.4, 0.5) is 17.1 Å². The van der Waals surface area contributed by atoms with Crippen LogP contribution in [0.3, 0.4) is 0 Å². The Hall–Kier alpha value is -4.21. The number of rotatable bonds is 8. The summed E-state index contributed by atoms with van der Waals surface area (Å²) in [6, 6.07) is 20.8. The highest BCUT2D eigenvalue weighted by Gasteiger charge is 2.38. The average molecular weight is 555 g/mol. The molecular formula is C32H34N4O5. The van der Waals surface area contributed by atoms with E-state index in [9.17, 15) is 14.4 Å². The van der Waals surface area contributed by atoms with Crippen LogP contribution in [0.2, 0.25) is 0 Å². The number of nitrogens with zero attached hydrogens (tertiary/aromatic N) is 2. The topological polar surface area (TPSA) is 100 Å². The molecule has 41 heavy (non-hydrogen) atoms. The average Bonchev–Trinajstić information content (AvgIpc) is 3.58. The van der Waals surface area contributed by atoms with Crippen molar-refractivity contribution in [2.45, 2.75) is 24.8 Å². The van der Waals surface area contributed by atoms with E-state index >= 15 is 0 Å². The van der Waals surface area contributed by atoms with Crippen LogP contribution in [0.1, 0.15) is 45.4 Å². The van der Waals surface area contributed by atoms with Gasteiger partial charge in [0.15, 0.2) is 0 Å². The third-order valence-corrected chi connectivity index (χ3v) is 8.19. The Kier molecular flexibility index (Phi) is 7.71. The first-order valence-electron chi connectivity index (χ1n) is 14.1. The van der Waals surface area contributed by atoms with Crippen LogP contribution in [-0.2, 0) is 25.5 Å². The van der Waals surface area contributed by atoms with Crippen molar-refractivity contribution in [3.63, 3.8) is 0 Å². The smallest absolute Gasteiger partial charge is 0.337 e. The molecule has 0 radical (unpaired) electrons. The molecule has 0 saturated carbocycles. The molecule has 0 aliphatic carbocycles. The largest absolute Gasteiger partial charge is 0.465 e. The number of esters is 1. The van der Waals surface area contributed by atoms with Crippen molar-refractivity contribution in [2.75, 3.05) is 62.0 Å². The van der Waals surface area contributed by atoms with Crippen LogP contribution in [0.15, 0.2) is 66.7 Å². The van der Waals surface area contributed by atoms with Crippen molar-refractivity contribution in [3.8, 4) is 0 Å². The van der Waals surface area contributed by atoms with Gasteiger partial charge in [-0.15, -0.1) is 0 Å². The van der Waals surface area contributed by atoms with Gasteiger partial charge < -0.3 is 25.0 Å². The van der Waals surface area contributed by atoms with Crippen molar-refractivity contribution < 1.29 is 23.9 Å². The first-order valence-corrected chi connectivity index (χ1v) is 14.1. The lowest BCUT2D eigenvalue weighted by atomic mass is 9.87. The van der Waals surface area contributed by atoms with E-state index in [1.165, 1.54) is 7.11 Å². The second-order valence-corrected chi connectivity index (χ2v) is 10.6. The molecule has 2 atom stereocenters. The molecule has 212 valence electrons. The number of carbonyl (C=O) groups is 3. The summed E-state index contributed by atoms with van der Waals surface area (Å²) in [5.74, 6) is -0.953. The molecule has 9 heteroatoms. The third kappa shape index (κ3) is 5.55. The van der Waals surface area contributed by atoms with E-state index in [1.54, 1.807) is 12.1 Å². The standard InChI is InChI=1S/C32H34N4O5/c1-40-32(39)23-7-9-25-26(20-23)34-31(38)29(25)30(21-5-3-2-4-6-21)33-24-8-10-27-22(19-24)11-14-36(27)28(37)12-13-35-15-17-41-18-16-35/h2-10,19-20,29-30,33H,11-18H2,1H3,(H,34,38). The molecule has 0 bridgehead atoms. The second kappa shape index (κ2) is 11.7. The van der Waals surface area contributed by atoms with Crippen LogP contribution in [0, 0.1) is 0 Å². The maximum absolute atomic E-state index is 13.3. The van der Waals surface area contributed by atoms with E-state index in [0.717, 1.165) is 67.3 Å². The molecule has 3 aliphatic heterocycles. The van der Waals surface area contributed by atoms with E-state index in [1.807, 2.05) is 53.4 Å². The molecule has 2 unspecified atom stereocenters. The van der Waals surface area contributed by atoms with Gasteiger partial charge >= 0.3 is 5.97 Å². The highest BCUT2D eigenvalue weighted by Crippen LogP contribution is 2.43. The minimum Gasteiger partial charge on any atom is -0.465 e. The van der Waals surface area contributed by atoms with Crippen molar-refractivity contribution in [1.82, 2.24) is 4.90 Å². The van der Waals surface area contributed by atoms with Crippen LogP contribution < -0.4 is 15.5 Å². The molecule has 0 spiro atoms. The van der Waals surface area contributed by atoms with Crippen molar-refractivity contribution in [2.24, 2.45) is 0 Å². The van der Waals surface area contributed by atoms with Crippen LogP contribution in [0.5, 0.6) is 0 Å². The molecule has 6 rings (SSSR count). The lowest BCUT2D eigenvalue weighted by molar-refractivity contribution is -0.119. The number of hydrogen-bond donors (Lipinski definition) is 2. The molecule has 2 amide bonds. The van der Waals surface area contributed by atoms with E-state index in [-0.39, 0.29) is 17.9 Å². The third-order valence-electron chi connectivity index (χ3n) is 8.19. The summed E-state index contributed by atoms with van der Waals surface area (Å²) in [7, 11) is 1.34. The van der Waals surface area contributed by atoms with Gasteiger partial charge in [-0.05, 0) is 53.4 Å². The van der Waals surface area contributed by atoms with E-state index in [4.69, 9.17) is 9.47 Å². The maximum Gasteiger partial charge on any atom is 0.337 e. The van der Waals surface area contributed by atoms with Crippen LogP contribution in [0.25, 0.3) is 0 Å². The van der Waals surface area contributed by atoms with Gasteiger partial charge in [0.2, 0.25) is 11.8 Å². The quantitative estimate of drug-likeness (QED) is 0.407. The Labute approximate surface area is 239 Å². The fourth-order valence-electron chi connectivity index (χ4n) is 6.03. The Balaban J connectivity index is 1.22. The van der Waals surface area contributed by atoms with Gasteiger partial charge in [0.1, 0.15) is 0 Å². The molecule has 3 aromatic carbocycles. The number of carbonyl (C=O) groups excluding carboxylic acids is 3. The van der Waals surface area contributed by atoms with Gasteiger partial charge in [-0.3, -0.25) is 14.5 Å².